The molecule has 2 aliphatic carbocycles. The number of amides is 1. The van der Waals surface area contributed by atoms with Gasteiger partial charge in [-0.2, -0.15) is 0 Å². The van der Waals surface area contributed by atoms with E-state index < -0.39 is 0 Å². The number of likely N-dealkylation sites (tertiary alicyclic amines) is 1. The van der Waals surface area contributed by atoms with Gasteiger partial charge in [-0.1, -0.05) is 12.1 Å². The van der Waals surface area contributed by atoms with Gasteiger partial charge < -0.3 is 9.64 Å². The number of benzene rings is 1. The summed E-state index contributed by atoms with van der Waals surface area (Å²) in [7, 11) is 2.09. The first-order chi connectivity index (χ1) is 15.2. The van der Waals surface area contributed by atoms with Crippen molar-refractivity contribution < 1.29 is 9.53 Å². The molecule has 2 aliphatic heterocycles. The van der Waals surface area contributed by atoms with Gasteiger partial charge in [0.25, 0.3) is 0 Å². The van der Waals surface area contributed by atoms with Crippen molar-refractivity contribution in [2.75, 3.05) is 26.7 Å². The zero-order valence-electron chi connectivity index (χ0n) is 18.6. The van der Waals surface area contributed by atoms with Crippen LogP contribution in [0.5, 0.6) is 0 Å². The maximum atomic E-state index is 13.9. The van der Waals surface area contributed by atoms with E-state index in [2.05, 4.69) is 40.4 Å². The number of hydrogen-bond donors (Lipinski definition) is 0. The SMILES string of the molecule is CN(C(=O)[C@@H]1CCc2csc3cccc1c23)[C@H]1CC[C@]2(CCCO2)C[C@@H]1N1CCCC1. The molecule has 31 heavy (non-hydrogen) atoms. The van der Waals surface area contributed by atoms with Crippen molar-refractivity contribution in [3.8, 4) is 0 Å². The molecule has 5 heteroatoms. The van der Waals surface area contributed by atoms with Crippen LogP contribution in [-0.4, -0.2) is 60.1 Å². The third-order valence-electron chi connectivity index (χ3n) is 8.64. The molecule has 0 radical (unpaired) electrons. The highest BCUT2D eigenvalue weighted by Crippen LogP contribution is 2.45. The number of carbonyl (C=O) groups excluding carboxylic acids is 1. The molecule has 166 valence electrons. The predicted molar refractivity (Wildman–Crippen MR) is 126 cm³/mol. The average Bonchev–Trinajstić information content (AvgIpc) is 3.56. The molecule has 6 rings (SSSR count). The first kappa shape index (κ1) is 20.2. The fourth-order valence-electron chi connectivity index (χ4n) is 7.01. The standard InChI is InChI=1S/C26H34N2O2S/c1-27(25(29)20-9-8-18-17-31-23-7-4-6-19(20)24(18)23)21-10-12-26(11-5-15-30-26)16-22(21)28-13-2-3-14-28/h4,6-7,17,20-22H,2-3,5,8-16H2,1H3/t20-,21+,22+,26-/m1/s1. The van der Waals surface area contributed by atoms with E-state index in [0.29, 0.717) is 18.0 Å². The van der Waals surface area contributed by atoms with Crippen molar-refractivity contribution in [2.24, 2.45) is 0 Å². The highest BCUT2D eigenvalue weighted by Gasteiger charge is 2.48. The molecule has 0 unspecified atom stereocenters. The first-order valence-electron chi connectivity index (χ1n) is 12.3. The van der Waals surface area contributed by atoms with Gasteiger partial charge in [-0.25, -0.2) is 0 Å². The van der Waals surface area contributed by atoms with Crippen molar-refractivity contribution >= 4 is 27.3 Å². The van der Waals surface area contributed by atoms with Crippen LogP contribution in [0, 0.1) is 0 Å². The Morgan fingerprint density at radius 3 is 2.87 bits per heavy atom. The lowest BCUT2D eigenvalue weighted by atomic mass is 9.75. The van der Waals surface area contributed by atoms with Crippen molar-refractivity contribution in [3.05, 3.63) is 34.7 Å². The van der Waals surface area contributed by atoms with Crippen LogP contribution < -0.4 is 0 Å². The van der Waals surface area contributed by atoms with Crippen LogP contribution in [0.25, 0.3) is 10.1 Å². The number of ether oxygens (including phenoxy) is 1. The molecule has 3 fully saturated rings. The van der Waals surface area contributed by atoms with Crippen molar-refractivity contribution in [1.29, 1.82) is 0 Å². The first-order valence-corrected chi connectivity index (χ1v) is 13.2. The summed E-state index contributed by atoms with van der Waals surface area (Å²) in [5.41, 5.74) is 2.78. The summed E-state index contributed by atoms with van der Waals surface area (Å²) in [6.45, 7) is 3.28. The lowest BCUT2D eigenvalue weighted by Gasteiger charge is -2.49. The van der Waals surface area contributed by atoms with Crippen molar-refractivity contribution in [1.82, 2.24) is 9.80 Å². The minimum atomic E-state index is 0.00800. The number of aryl methyl sites for hydroxylation is 1. The smallest absolute Gasteiger partial charge is 0.230 e. The van der Waals surface area contributed by atoms with E-state index in [0.717, 1.165) is 38.7 Å². The third kappa shape index (κ3) is 3.35. The molecule has 1 aromatic heterocycles. The number of rotatable bonds is 3. The molecule has 0 N–H and O–H groups in total. The summed E-state index contributed by atoms with van der Waals surface area (Å²) in [5, 5.41) is 3.66. The number of carbonyl (C=O) groups is 1. The van der Waals surface area contributed by atoms with Gasteiger partial charge in [0.05, 0.1) is 11.5 Å². The van der Waals surface area contributed by atoms with E-state index in [9.17, 15) is 4.79 Å². The molecular weight excluding hydrogens is 404 g/mol. The fourth-order valence-corrected chi connectivity index (χ4v) is 8.04. The zero-order chi connectivity index (χ0) is 21.0. The van der Waals surface area contributed by atoms with Crippen LogP contribution in [0.1, 0.15) is 68.4 Å². The molecular formula is C26H34N2O2S. The van der Waals surface area contributed by atoms with Crippen LogP contribution in [0.3, 0.4) is 0 Å². The van der Waals surface area contributed by atoms with Gasteiger partial charge >= 0.3 is 0 Å². The Kier molecular flexibility index (Phi) is 5.12. The van der Waals surface area contributed by atoms with Crippen LogP contribution >= 0.6 is 11.3 Å². The molecule has 1 amide bonds. The molecule has 2 aromatic rings. The van der Waals surface area contributed by atoms with Gasteiger partial charge in [0.1, 0.15) is 0 Å². The summed E-state index contributed by atoms with van der Waals surface area (Å²) in [4.78, 5) is 18.8. The fraction of sp³-hybridized carbons (Fsp3) is 0.654. The third-order valence-corrected chi connectivity index (χ3v) is 9.64. The Labute approximate surface area is 189 Å². The van der Waals surface area contributed by atoms with Crippen LogP contribution in [0.15, 0.2) is 23.6 Å². The van der Waals surface area contributed by atoms with Crippen LogP contribution in [0.2, 0.25) is 0 Å². The Morgan fingerprint density at radius 1 is 1.19 bits per heavy atom. The van der Waals surface area contributed by atoms with Gasteiger partial charge in [0.15, 0.2) is 0 Å². The Bertz CT molecular complexity index is 973. The largest absolute Gasteiger partial charge is 0.375 e. The van der Waals surface area contributed by atoms with Gasteiger partial charge in [0, 0.05) is 30.4 Å². The summed E-state index contributed by atoms with van der Waals surface area (Å²) in [5.74, 6) is 0.343. The maximum absolute atomic E-state index is 13.9. The summed E-state index contributed by atoms with van der Waals surface area (Å²) >= 11 is 1.83. The molecule has 4 nitrogen and oxygen atoms in total. The highest BCUT2D eigenvalue weighted by atomic mass is 32.1. The Morgan fingerprint density at radius 2 is 2.06 bits per heavy atom. The number of nitrogens with zero attached hydrogens (tertiary/aromatic N) is 2. The number of hydrogen-bond acceptors (Lipinski definition) is 4. The van der Waals surface area contributed by atoms with E-state index >= 15 is 0 Å². The molecule has 4 atom stereocenters. The van der Waals surface area contributed by atoms with E-state index in [-0.39, 0.29) is 11.5 Å². The summed E-state index contributed by atoms with van der Waals surface area (Å²) in [6, 6.07) is 7.30. The van der Waals surface area contributed by atoms with E-state index in [4.69, 9.17) is 4.74 Å². The Hall–Kier alpha value is -1.43. The normalized spacial score (nSPS) is 33.4. The molecule has 4 aliphatic rings. The molecule has 2 saturated heterocycles. The monoisotopic (exact) mass is 438 g/mol. The number of likely N-dealkylation sites (N-methyl/N-ethyl adjacent to an activating group) is 1. The van der Waals surface area contributed by atoms with Crippen molar-refractivity contribution in [2.45, 2.75) is 81.4 Å². The van der Waals surface area contributed by atoms with Crippen molar-refractivity contribution in [3.63, 3.8) is 0 Å². The van der Waals surface area contributed by atoms with Crippen LogP contribution in [-0.2, 0) is 16.0 Å². The topological polar surface area (TPSA) is 32.8 Å². The molecule has 1 saturated carbocycles. The van der Waals surface area contributed by atoms with Crippen LogP contribution in [0.4, 0.5) is 0 Å². The lowest BCUT2D eigenvalue weighted by Crippen LogP contribution is -2.58. The average molecular weight is 439 g/mol. The van der Waals surface area contributed by atoms with Gasteiger partial charge in [-0.3, -0.25) is 9.69 Å². The molecule has 1 spiro atoms. The van der Waals surface area contributed by atoms with E-state index in [1.54, 1.807) is 0 Å². The summed E-state index contributed by atoms with van der Waals surface area (Å²) < 4.78 is 7.65. The molecule has 1 aromatic carbocycles. The van der Waals surface area contributed by atoms with E-state index in [1.165, 1.54) is 60.0 Å². The highest BCUT2D eigenvalue weighted by molar-refractivity contribution is 7.17. The number of thiophene rings is 1. The van der Waals surface area contributed by atoms with Gasteiger partial charge in [-0.15, -0.1) is 11.3 Å². The summed E-state index contributed by atoms with van der Waals surface area (Å²) in [6.07, 6.45) is 10.2. The zero-order valence-corrected chi connectivity index (χ0v) is 19.5. The Balaban J connectivity index is 1.28. The minimum Gasteiger partial charge on any atom is -0.375 e. The van der Waals surface area contributed by atoms with E-state index in [1.807, 2.05) is 11.3 Å². The molecule has 3 heterocycles. The lowest BCUT2D eigenvalue weighted by molar-refractivity contribution is -0.139. The second kappa shape index (κ2) is 7.86. The van der Waals surface area contributed by atoms with Gasteiger partial charge in [-0.05, 0) is 98.8 Å². The maximum Gasteiger partial charge on any atom is 0.230 e. The second-order valence-corrected chi connectivity index (χ2v) is 11.2. The minimum absolute atomic E-state index is 0.00800. The molecule has 0 bridgehead atoms. The quantitative estimate of drug-likeness (QED) is 0.679. The predicted octanol–water partition coefficient (Wildman–Crippen LogP) is 4.96. The second-order valence-electron chi connectivity index (χ2n) is 10.3. The van der Waals surface area contributed by atoms with Gasteiger partial charge in [0.2, 0.25) is 5.91 Å².